The van der Waals surface area contributed by atoms with Gasteiger partial charge in [-0.1, -0.05) is 48.0 Å². The predicted molar refractivity (Wildman–Crippen MR) is 101 cm³/mol. The van der Waals surface area contributed by atoms with E-state index < -0.39 is 0 Å². The number of ether oxygens (including phenoxy) is 1. The quantitative estimate of drug-likeness (QED) is 0.691. The van der Waals surface area contributed by atoms with Crippen LogP contribution < -0.4 is 10.1 Å². The zero-order valence-corrected chi connectivity index (χ0v) is 14.5. The molecule has 0 saturated carbocycles. The number of nitrogens with zero attached hydrogens (tertiary/aromatic N) is 1. The average Bonchev–Trinajstić information content (AvgIpc) is 2.68. The number of halogens is 1. The van der Waals surface area contributed by atoms with Gasteiger partial charge in [-0.3, -0.25) is 4.79 Å². The number of nitriles is 1. The minimum absolute atomic E-state index is 0.308. The molecule has 0 aliphatic rings. The maximum absolute atomic E-state index is 12.5. The van der Waals surface area contributed by atoms with Crippen LogP contribution in [0.2, 0.25) is 5.02 Å². The molecule has 0 atom stereocenters. The first-order chi connectivity index (χ1) is 12.7. The number of carbonyl (C=O) groups excluding carboxylic acids is 1. The number of hydrogen-bond donors (Lipinski definition) is 1. The smallest absolute Gasteiger partial charge is 0.255 e. The van der Waals surface area contributed by atoms with Crippen molar-refractivity contribution in [3.8, 4) is 11.8 Å². The summed E-state index contributed by atoms with van der Waals surface area (Å²) in [6.45, 7) is 0.308. The zero-order valence-electron chi connectivity index (χ0n) is 13.8. The van der Waals surface area contributed by atoms with Gasteiger partial charge in [0.1, 0.15) is 18.4 Å². The highest BCUT2D eigenvalue weighted by atomic mass is 35.5. The van der Waals surface area contributed by atoms with E-state index in [1.807, 2.05) is 18.2 Å². The molecule has 0 saturated heterocycles. The summed E-state index contributed by atoms with van der Waals surface area (Å²) < 4.78 is 5.74. The molecule has 5 heteroatoms. The Labute approximate surface area is 156 Å². The van der Waals surface area contributed by atoms with Crippen molar-refractivity contribution in [2.75, 3.05) is 5.32 Å². The maximum atomic E-state index is 12.5. The van der Waals surface area contributed by atoms with Gasteiger partial charge in [0, 0.05) is 16.1 Å². The van der Waals surface area contributed by atoms with Gasteiger partial charge in [-0.2, -0.15) is 5.26 Å². The molecular weight excluding hydrogens is 348 g/mol. The fraction of sp³-hybridized carbons (Fsp3) is 0.0476. The van der Waals surface area contributed by atoms with E-state index in [0.717, 1.165) is 5.56 Å². The molecule has 0 radical (unpaired) electrons. The summed E-state index contributed by atoms with van der Waals surface area (Å²) in [6, 6.07) is 23.2. The lowest BCUT2D eigenvalue weighted by atomic mass is 10.1. The summed E-state index contributed by atoms with van der Waals surface area (Å²) in [6.07, 6.45) is 0. The van der Waals surface area contributed by atoms with E-state index in [-0.39, 0.29) is 5.91 Å². The van der Waals surface area contributed by atoms with Gasteiger partial charge in [0.15, 0.2) is 0 Å². The average molecular weight is 363 g/mol. The molecule has 0 aliphatic carbocycles. The van der Waals surface area contributed by atoms with E-state index in [0.29, 0.717) is 34.2 Å². The maximum Gasteiger partial charge on any atom is 0.255 e. The van der Waals surface area contributed by atoms with Gasteiger partial charge >= 0.3 is 0 Å². The Hall–Kier alpha value is -3.29. The van der Waals surface area contributed by atoms with E-state index >= 15 is 0 Å². The number of nitrogens with one attached hydrogen (secondary N) is 1. The number of para-hydroxylation sites is 1. The molecule has 3 aromatic carbocycles. The third kappa shape index (κ3) is 4.21. The van der Waals surface area contributed by atoms with E-state index in [1.54, 1.807) is 54.6 Å². The summed E-state index contributed by atoms with van der Waals surface area (Å²) in [5, 5.41) is 12.5. The Morgan fingerprint density at radius 3 is 2.62 bits per heavy atom. The van der Waals surface area contributed by atoms with Crippen molar-refractivity contribution in [1.82, 2.24) is 0 Å². The second-order valence-corrected chi connectivity index (χ2v) is 5.93. The first-order valence-electron chi connectivity index (χ1n) is 7.94. The first-order valence-corrected chi connectivity index (χ1v) is 8.32. The van der Waals surface area contributed by atoms with Crippen molar-refractivity contribution in [2.45, 2.75) is 6.61 Å². The van der Waals surface area contributed by atoms with Crippen molar-refractivity contribution < 1.29 is 9.53 Å². The lowest BCUT2D eigenvalue weighted by Crippen LogP contribution is -2.13. The Morgan fingerprint density at radius 1 is 1.04 bits per heavy atom. The topological polar surface area (TPSA) is 62.1 Å². The van der Waals surface area contributed by atoms with Crippen molar-refractivity contribution in [3.05, 3.63) is 94.5 Å². The Balaban J connectivity index is 1.71. The lowest BCUT2D eigenvalue weighted by molar-refractivity contribution is 0.102. The Bertz CT molecular complexity index is 979. The summed E-state index contributed by atoms with van der Waals surface area (Å²) in [5.41, 5.74) is 2.19. The molecule has 0 heterocycles. The van der Waals surface area contributed by atoms with Gasteiger partial charge < -0.3 is 10.1 Å². The van der Waals surface area contributed by atoms with Gasteiger partial charge in [0.05, 0.1) is 11.3 Å². The monoisotopic (exact) mass is 362 g/mol. The first kappa shape index (κ1) is 17.5. The second-order valence-electron chi connectivity index (χ2n) is 5.52. The van der Waals surface area contributed by atoms with Crippen LogP contribution in [-0.2, 0) is 6.61 Å². The summed E-state index contributed by atoms with van der Waals surface area (Å²) in [7, 11) is 0. The van der Waals surface area contributed by atoms with E-state index in [2.05, 4.69) is 11.4 Å². The molecule has 0 spiro atoms. The van der Waals surface area contributed by atoms with Gasteiger partial charge in [-0.15, -0.1) is 0 Å². The van der Waals surface area contributed by atoms with Gasteiger partial charge in [-0.25, -0.2) is 0 Å². The normalized spacial score (nSPS) is 10.0. The van der Waals surface area contributed by atoms with E-state index in [1.165, 1.54) is 0 Å². The molecule has 128 valence electrons. The summed E-state index contributed by atoms with van der Waals surface area (Å²) in [4.78, 5) is 12.5. The summed E-state index contributed by atoms with van der Waals surface area (Å²) >= 11 is 6.12. The van der Waals surface area contributed by atoms with Crippen LogP contribution in [0.25, 0.3) is 0 Å². The molecule has 4 nitrogen and oxygen atoms in total. The van der Waals surface area contributed by atoms with Crippen LogP contribution in [0.3, 0.4) is 0 Å². The lowest BCUT2D eigenvalue weighted by Gasteiger charge is -2.10. The van der Waals surface area contributed by atoms with E-state index in [9.17, 15) is 4.79 Å². The van der Waals surface area contributed by atoms with Crippen molar-refractivity contribution in [2.24, 2.45) is 0 Å². The van der Waals surface area contributed by atoms with Crippen LogP contribution in [0.15, 0.2) is 72.8 Å². The molecule has 0 aliphatic heterocycles. The highest BCUT2D eigenvalue weighted by Crippen LogP contribution is 2.21. The minimum Gasteiger partial charge on any atom is -0.489 e. The second kappa shape index (κ2) is 8.19. The number of amides is 1. The van der Waals surface area contributed by atoms with Crippen LogP contribution in [0.1, 0.15) is 21.5 Å². The SMILES string of the molecule is N#Cc1ccccc1NC(=O)c1cccc(OCc2ccccc2Cl)c1. The molecule has 3 rings (SSSR count). The molecule has 26 heavy (non-hydrogen) atoms. The van der Waals surface area contributed by atoms with Gasteiger partial charge in [0.25, 0.3) is 5.91 Å². The van der Waals surface area contributed by atoms with Crippen LogP contribution in [0, 0.1) is 11.3 Å². The number of anilines is 1. The highest BCUT2D eigenvalue weighted by Gasteiger charge is 2.10. The predicted octanol–water partition coefficient (Wildman–Crippen LogP) is 5.04. The van der Waals surface area contributed by atoms with Crippen molar-refractivity contribution in [3.63, 3.8) is 0 Å². The van der Waals surface area contributed by atoms with Crippen molar-refractivity contribution >= 4 is 23.2 Å². The molecular formula is C21H15ClN2O2. The summed E-state index contributed by atoms with van der Waals surface area (Å²) in [5.74, 6) is 0.252. The highest BCUT2D eigenvalue weighted by molar-refractivity contribution is 6.31. The number of rotatable bonds is 5. The zero-order chi connectivity index (χ0) is 18.4. The van der Waals surface area contributed by atoms with E-state index in [4.69, 9.17) is 21.6 Å². The van der Waals surface area contributed by atoms with Crippen LogP contribution in [0.5, 0.6) is 5.75 Å². The standard InChI is InChI=1S/C21H15ClN2O2/c22-19-10-3-1-7-17(19)14-26-18-9-5-8-15(12-18)21(25)24-20-11-4-2-6-16(20)13-23/h1-12H,14H2,(H,24,25). The van der Waals surface area contributed by atoms with Gasteiger partial charge in [0.2, 0.25) is 0 Å². The fourth-order valence-electron chi connectivity index (χ4n) is 2.39. The molecule has 0 unspecified atom stereocenters. The molecule has 0 aromatic heterocycles. The van der Waals surface area contributed by atoms with Crippen LogP contribution in [-0.4, -0.2) is 5.91 Å². The molecule has 0 fully saturated rings. The van der Waals surface area contributed by atoms with Crippen LogP contribution in [0.4, 0.5) is 5.69 Å². The number of carbonyl (C=O) groups is 1. The Morgan fingerprint density at radius 2 is 1.81 bits per heavy atom. The Kier molecular flexibility index (Phi) is 5.52. The molecule has 3 aromatic rings. The van der Waals surface area contributed by atoms with Gasteiger partial charge in [-0.05, 0) is 36.4 Å². The molecule has 0 bridgehead atoms. The molecule has 1 amide bonds. The number of benzene rings is 3. The third-order valence-electron chi connectivity index (χ3n) is 3.74. The van der Waals surface area contributed by atoms with Crippen molar-refractivity contribution in [1.29, 1.82) is 5.26 Å². The largest absolute Gasteiger partial charge is 0.489 e. The van der Waals surface area contributed by atoms with Crippen LogP contribution >= 0.6 is 11.6 Å². The number of hydrogen-bond acceptors (Lipinski definition) is 3. The molecule has 1 N–H and O–H groups in total. The minimum atomic E-state index is -0.309. The third-order valence-corrected chi connectivity index (χ3v) is 4.11. The fourth-order valence-corrected chi connectivity index (χ4v) is 2.58.